The van der Waals surface area contributed by atoms with Gasteiger partial charge in [0.25, 0.3) is 11.8 Å². The summed E-state index contributed by atoms with van der Waals surface area (Å²) in [5.41, 5.74) is 0.819. The number of carbonyl (C=O) groups excluding carboxylic acids is 2. The summed E-state index contributed by atoms with van der Waals surface area (Å²) in [6.45, 7) is -0.566. The number of aromatic nitrogens is 2. The van der Waals surface area contributed by atoms with E-state index in [4.69, 9.17) is 0 Å². The molecule has 0 saturated heterocycles. The van der Waals surface area contributed by atoms with Crippen LogP contribution in [0.1, 0.15) is 10.5 Å². The second-order valence-electron chi connectivity index (χ2n) is 4.97. The second kappa shape index (κ2) is 6.88. The summed E-state index contributed by atoms with van der Waals surface area (Å²) < 4.78 is 4.60. The largest absolute Gasteiger partial charge is 0.394 e. The summed E-state index contributed by atoms with van der Waals surface area (Å²) in [5, 5.41) is 18.6. The molecule has 0 aliphatic heterocycles. The number of para-hydroxylation sites is 1. The van der Waals surface area contributed by atoms with Crippen molar-refractivity contribution in [2.45, 2.75) is 6.04 Å². The number of anilines is 1. The molecule has 0 fully saturated rings. The molecule has 0 bridgehead atoms. The molecule has 8 heteroatoms. The van der Waals surface area contributed by atoms with Crippen LogP contribution < -0.4 is 10.6 Å². The lowest BCUT2D eigenvalue weighted by atomic mass is 10.2. The molecule has 1 unspecified atom stereocenters. The SMILES string of the molecule is O=C(NC(CO)C(=O)Nc1ccon1)c1ccc2ccccc2n1. The molecule has 2 heterocycles. The Bertz CT molecular complexity index is 863. The maximum atomic E-state index is 12.3. The third-order valence-corrected chi connectivity index (χ3v) is 3.32. The topological polar surface area (TPSA) is 117 Å². The van der Waals surface area contributed by atoms with Crippen LogP contribution >= 0.6 is 0 Å². The standard InChI is InChI=1S/C16H14N4O4/c21-9-13(16(23)19-14-7-8-24-20-14)18-15(22)12-6-5-10-3-1-2-4-11(10)17-12/h1-8,13,21H,9H2,(H,18,22)(H,19,20,23). The zero-order chi connectivity index (χ0) is 16.9. The quantitative estimate of drug-likeness (QED) is 0.642. The van der Waals surface area contributed by atoms with E-state index in [1.807, 2.05) is 18.2 Å². The van der Waals surface area contributed by atoms with Gasteiger partial charge in [-0.05, 0) is 12.1 Å². The Kier molecular flexibility index (Phi) is 4.48. The van der Waals surface area contributed by atoms with Crippen LogP contribution in [0.2, 0.25) is 0 Å². The van der Waals surface area contributed by atoms with Crippen LogP contribution in [0.4, 0.5) is 5.82 Å². The van der Waals surface area contributed by atoms with Crippen LogP contribution in [0.15, 0.2) is 53.3 Å². The van der Waals surface area contributed by atoms with E-state index in [9.17, 15) is 14.7 Å². The molecular formula is C16H14N4O4. The molecule has 0 spiro atoms. The summed E-state index contributed by atoms with van der Waals surface area (Å²) >= 11 is 0. The number of amides is 2. The van der Waals surface area contributed by atoms with Crippen molar-refractivity contribution in [3.05, 3.63) is 54.4 Å². The predicted molar refractivity (Wildman–Crippen MR) is 85.2 cm³/mol. The van der Waals surface area contributed by atoms with Crippen molar-refractivity contribution in [1.29, 1.82) is 0 Å². The molecule has 3 N–H and O–H groups in total. The number of nitrogens with one attached hydrogen (secondary N) is 2. The third kappa shape index (κ3) is 3.39. The minimum absolute atomic E-state index is 0.154. The van der Waals surface area contributed by atoms with Gasteiger partial charge in [-0.2, -0.15) is 0 Å². The van der Waals surface area contributed by atoms with Crippen molar-refractivity contribution in [2.24, 2.45) is 0 Å². The highest BCUT2D eigenvalue weighted by atomic mass is 16.5. The Labute approximate surface area is 136 Å². The number of hydrogen-bond donors (Lipinski definition) is 3. The maximum absolute atomic E-state index is 12.3. The van der Waals surface area contributed by atoms with Gasteiger partial charge in [-0.25, -0.2) is 4.98 Å². The molecule has 3 rings (SSSR count). The zero-order valence-corrected chi connectivity index (χ0v) is 12.5. The first-order valence-corrected chi connectivity index (χ1v) is 7.16. The molecule has 2 aromatic heterocycles. The van der Waals surface area contributed by atoms with Crippen molar-refractivity contribution < 1.29 is 19.2 Å². The maximum Gasteiger partial charge on any atom is 0.270 e. The Morgan fingerprint density at radius 1 is 1.17 bits per heavy atom. The number of nitrogens with zero attached hydrogens (tertiary/aromatic N) is 2. The fourth-order valence-corrected chi connectivity index (χ4v) is 2.11. The second-order valence-corrected chi connectivity index (χ2v) is 4.97. The number of aliphatic hydroxyl groups is 1. The van der Waals surface area contributed by atoms with Crippen LogP contribution in [0.25, 0.3) is 10.9 Å². The molecular weight excluding hydrogens is 312 g/mol. The Morgan fingerprint density at radius 2 is 2.00 bits per heavy atom. The monoisotopic (exact) mass is 326 g/mol. The molecule has 0 aliphatic carbocycles. The fraction of sp³-hybridized carbons (Fsp3) is 0.125. The third-order valence-electron chi connectivity index (χ3n) is 3.32. The first-order chi connectivity index (χ1) is 11.7. The number of rotatable bonds is 5. The van der Waals surface area contributed by atoms with Crippen LogP contribution in [0.5, 0.6) is 0 Å². The first kappa shape index (κ1) is 15.6. The number of pyridine rings is 1. The molecule has 2 amide bonds. The lowest BCUT2D eigenvalue weighted by Crippen LogP contribution is -2.46. The van der Waals surface area contributed by atoms with E-state index in [2.05, 4.69) is 25.3 Å². The fourth-order valence-electron chi connectivity index (χ4n) is 2.11. The number of fused-ring (bicyclic) bond motifs is 1. The average Bonchev–Trinajstić information content (AvgIpc) is 3.11. The number of carbonyl (C=O) groups is 2. The van der Waals surface area contributed by atoms with Gasteiger partial charge in [0.15, 0.2) is 5.82 Å². The molecule has 1 aromatic carbocycles. The van der Waals surface area contributed by atoms with Gasteiger partial charge >= 0.3 is 0 Å². The van der Waals surface area contributed by atoms with Gasteiger partial charge in [-0.15, -0.1) is 0 Å². The van der Waals surface area contributed by atoms with Crippen molar-refractivity contribution in [2.75, 3.05) is 11.9 Å². The molecule has 0 aliphatic rings. The number of hydrogen-bond acceptors (Lipinski definition) is 6. The van der Waals surface area contributed by atoms with Gasteiger partial charge in [0.2, 0.25) is 0 Å². The van der Waals surface area contributed by atoms with E-state index in [1.54, 1.807) is 18.2 Å². The van der Waals surface area contributed by atoms with E-state index < -0.39 is 24.5 Å². The minimum Gasteiger partial charge on any atom is -0.394 e. The lowest BCUT2D eigenvalue weighted by molar-refractivity contribution is -0.118. The molecule has 3 aromatic rings. The van der Waals surface area contributed by atoms with Gasteiger partial charge in [-0.1, -0.05) is 29.4 Å². The van der Waals surface area contributed by atoms with E-state index >= 15 is 0 Å². The van der Waals surface area contributed by atoms with E-state index in [-0.39, 0.29) is 11.5 Å². The lowest BCUT2D eigenvalue weighted by Gasteiger charge is -2.15. The Balaban J connectivity index is 1.72. The molecule has 24 heavy (non-hydrogen) atoms. The molecule has 1 atom stereocenters. The van der Waals surface area contributed by atoms with E-state index in [1.165, 1.54) is 12.3 Å². The number of benzene rings is 1. The van der Waals surface area contributed by atoms with Gasteiger partial charge in [0, 0.05) is 11.5 Å². The smallest absolute Gasteiger partial charge is 0.270 e. The van der Waals surface area contributed by atoms with Crippen molar-refractivity contribution in [3.8, 4) is 0 Å². The number of aliphatic hydroxyl groups excluding tert-OH is 1. The summed E-state index contributed by atoms with van der Waals surface area (Å²) in [6, 6.07) is 11.0. The predicted octanol–water partition coefficient (Wildman–Crippen LogP) is 0.952. The normalized spacial score (nSPS) is 11.9. The van der Waals surface area contributed by atoms with Crippen molar-refractivity contribution >= 4 is 28.5 Å². The van der Waals surface area contributed by atoms with Crippen molar-refractivity contribution in [1.82, 2.24) is 15.5 Å². The molecule has 0 saturated carbocycles. The summed E-state index contributed by atoms with van der Waals surface area (Å²) in [4.78, 5) is 28.5. The first-order valence-electron chi connectivity index (χ1n) is 7.16. The summed E-state index contributed by atoms with van der Waals surface area (Å²) in [7, 11) is 0. The minimum atomic E-state index is -1.14. The summed E-state index contributed by atoms with van der Waals surface area (Å²) in [5.74, 6) is -0.979. The van der Waals surface area contributed by atoms with Crippen LogP contribution in [-0.4, -0.2) is 39.7 Å². The zero-order valence-electron chi connectivity index (χ0n) is 12.5. The highest BCUT2D eigenvalue weighted by molar-refractivity contribution is 6.00. The Morgan fingerprint density at radius 3 is 2.75 bits per heavy atom. The van der Waals surface area contributed by atoms with Gasteiger partial charge < -0.3 is 20.3 Å². The molecule has 0 radical (unpaired) electrons. The Hall–Kier alpha value is -3.26. The van der Waals surface area contributed by atoms with Crippen LogP contribution in [0, 0.1) is 0 Å². The van der Waals surface area contributed by atoms with Gasteiger partial charge in [0.05, 0.1) is 12.1 Å². The summed E-state index contributed by atoms with van der Waals surface area (Å²) in [6.07, 6.45) is 1.29. The highest BCUT2D eigenvalue weighted by Crippen LogP contribution is 2.12. The van der Waals surface area contributed by atoms with Gasteiger partial charge in [-0.3, -0.25) is 9.59 Å². The van der Waals surface area contributed by atoms with Crippen LogP contribution in [0.3, 0.4) is 0 Å². The van der Waals surface area contributed by atoms with Crippen molar-refractivity contribution in [3.63, 3.8) is 0 Å². The van der Waals surface area contributed by atoms with Crippen LogP contribution in [-0.2, 0) is 4.79 Å². The van der Waals surface area contributed by atoms with E-state index in [0.29, 0.717) is 5.52 Å². The average molecular weight is 326 g/mol. The van der Waals surface area contributed by atoms with E-state index in [0.717, 1.165) is 5.39 Å². The molecule has 8 nitrogen and oxygen atoms in total. The highest BCUT2D eigenvalue weighted by Gasteiger charge is 2.22. The molecule has 122 valence electrons. The van der Waals surface area contributed by atoms with Gasteiger partial charge in [0.1, 0.15) is 18.0 Å².